The number of urea groups is 1. The lowest BCUT2D eigenvalue weighted by molar-refractivity contribution is 0.00154. The maximum atomic E-state index is 12.3. The molecule has 1 N–H and O–H groups in total. The minimum absolute atomic E-state index is 0.0917. The first-order valence-electron chi connectivity index (χ1n) is 7.62. The fraction of sp³-hybridized carbons (Fsp3) is 0.562. The highest BCUT2D eigenvalue weighted by molar-refractivity contribution is 7.99. The van der Waals surface area contributed by atoms with Gasteiger partial charge in [0.1, 0.15) is 0 Å². The van der Waals surface area contributed by atoms with Crippen LogP contribution in [0.1, 0.15) is 24.5 Å². The molecule has 2 amide bonds. The van der Waals surface area contributed by atoms with Crippen LogP contribution in [0.2, 0.25) is 0 Å². The van der Waals surface area contributed by atoms with Gasteiger partial charge >= 0.3 is 6.03 Å². The first-order valence-corrected chi connectivity index (χ1v) is 8.78. The number of nitrogens with zero attached hydrogens (tertiary/aromatic N) is 1. The van der Waals surface area contributed by atoms with Crippen molar-refractivity contribution < 1.29 is 9.53 Å². The highest BCUT2D eigenvalue weighted by atomic mass is 32.2. The Morgan fingerprint density at radius 3 is 2.76 bits per heavy atom. The van der Waals surface area contributed by atoms with E-state index in [-0.39, 0.29) is 18.2 Å². The summed E-state index contributed by atoms with van der Waals surface area (Å²) in [5.41, 5.74) is 1.20. The molecule has 1 aromatic carbocycles. The average Bonchev–Trinajstić information content (AvgIpc) is 2.57. The molecule has 0 unspecified atom stereocenters. The van der Waals surface area contributed by atoms with Crippen molar-refractivity contribution in [2.45, 2.75) is 25.0 Å². The van der Waals surface area contributed by atoms with E-state index >= 15 is 0 Å². The van der Waals surface area contributed by atoms with Crippen LogP contribution in [-0.2, 0) is 4.74 Å². The molecule has 2 saturated heterocycles. The van der Waals surface area contributed by atoms with Gasteiger partial charge in [0.05, 0.1) is 6.10 Å². The van der Waals surface area contributed by atoms with E-state index in [1.54, 1.807) is 0 Å². The molecule has 114 valence electrons. The van der Waals surface area contributed by atoms with E-state index in [1.807, 2.05) is 34.9 Å². The van der Waals surface area contributed by atoms with Crippen molar-refractivity contribution >= 4 is 17.8 Å². The van der Waals surface area contributed by atoms with E-state index < -0.39 is 0 Å². The second-order valence-electron chi connectivity index (χ2n) is 5.54. The Morgan fingerprint density at radius 2 is 2.00 bits per heavy atom. The summed E-state index contributed by atoms with van der Waals surface area (Å²) < 4.78 is 5.85. The van der Waals surface area contributed by atoms with Crippen molar-refractivity contribution in [3.05, 3.63) is 35.9 Å². The van der Waals surface area contributed by atoms with Crippen molar-refractivity contribution in [1.82, 2.24) is 10.2 Å². The standard InChI is InChI=1S/C16H22N2O2S/c19-16(18-7-10-21-11-8-18)17-14-6-9-20-15(12-14)13-4-2-1-3-5-13/h1-5,14-15H,6-12H2,(H,17,19)/t14-,15+/m1/s1. The number of nitrogens with one attached hydrogen (secondary N) is 1. The highest BCUT2D eigenvalue weighted by Gasteiger charge is 2.26. The molecule has 0 saturated carbocycles. The van der Waals surface area contributed by atoms with Crippen molar-refractivity contribution in [2.75, 3.05) is 31.2 Å². The molecule has 2 aliphatic heterocycles. The maximum absolute atomic E-state index is 12.3. The molecule has 2 atom stereocenters. The van der Waals surface area contributed by atoms with Crippen molar-refractivity contribution in [3.8, 4) is 0 Å². The number of amides is 2. The topological polar surface area (TPSA) is 41.6 Å². The van der Waals surface area contributed by atoms with Gasteiger partial charge in [-0.3, -0.25) is 0 Å². The third kappa shape index (κ3) is 3.92. The van der Waals surface area contributed by atoms with E-state index in [4.69, 9.17) is 4.74 Å². The van der Waals surface area contributed by atoms with Gasteiger partial charge in [-0.2, -0.15) is 11.8 Å². The number of carbonyl (C=O) groups is 1. The van der Waals surface area contributed by atoms with E-state index in [0.29, 0.717) is 6.61 Å². The zero-order chi connectivity index (χ0) is 14.5. The van der Waals surface area contributed by atoms with Crippen molar-refractivity contribution in [3.63, 3.8) is 0 Å². The van der Waals surface area contributed by atoms with Crippen LogP contribution in [0.15, 0.2) is 30.3 Å². The van der Waals surface area contributed by atoms with E-state index in [0.717, 1.165) is 37.4 Å². The molecular weight excluding hydrogens is 284 g/mol. The summed E-state index contributed by atoms with van der Waals surface area (Å²) in [4.78, 5) is 14.2. The van der Waals surface area contributed by atoms with Crippen LogP contribution in [0, 0.1) is 0 Å². The second-order valence-corrected chi connectivity index (χ2v) is 6.77. The number of hydrogen-bond acceptors (Lipinski definition) is 3. The number of rotatable bonds is 2. The Labute approximate surface area is 130 Å². The van der Waals surface area contributed by atoms with Crippen LogP contribution in [0.25, 0.3) is 0 Å². The van der Waals surface area contributed by atoms with Crippen LogP contribution in [0.3, 0.4) is 0 Å². The Kier molecular flexibility index (Phi) is 5.04. The third-order valence-corrected chi connectivity index (χ3v) is 5.02. The Morgan fingerprint density at radius 1 is 1.24 bits per heavy atom. The molecule has 3 rings (SSSR count). The maximum Gasteiger partial charge on any atom is 0.317 e. The smallest absolute Gasteiger partial charge is 0.317 e. The molecule has 0 radical (unpaired) electrons. The number of hydrogen-bond donors (Lipinski definition) is 1. The summed E-state index contributed by atoms with van der Waals surface area (Å²) >= 11 is 1.92. The van der Waals surface area contributed by atoms with Crippen LogP contribution < -0.4 is 5.32 Å². The number of ether oxygens (including phenoxy) is 1. The van der Waals surface area contributed by atoms with E-state index in [9.17, 15) is 4.79 Å². The Balaban J connectivity index is 1.55. The summed E-state index contributed by atoms with van der Waals surface area (Å²) in [6, 6.07) is 10.6. The van der Waals surface area contributed by atoms with Gasteiger partial charge < -0.3 is 15.0 Å². The van der Waals surface area contributed by atoms with Crippen LogP contribution >= 0.6 is 11.8 Å². The van der Waals surface area contributed by atoms with Crippen molar-refractivity contribution in [2.24, 2.45) is 0 Å². The predicted octanol–water partition coefficient (Wildman–Crippen LogP) is 2.67. The zero-order valence-corrected chi connectivity index (χ0v) is 13.0. The predicted molar refractivity (Wildman–Crippen MR) is 85.6 cm³/mol. The summed E-state index contributed by atoms with van der Waals surface area (Å²) in [5, 5.41) is 3.19. The van der Waals surface area contributed by atoms with E-state index in [1.165, 1.54) is 5.56 Å². The first kappa shape index (κ1) is 14.7. The van der Waals surface area contributed by atoms with Crippen LogP contribution in [0.4, 0.5) is 4.79 Å². The molecular formula is C16H22N2O2S. The monoisotopic (exact) mass is 306 g/mol. The van der Waals surface area contributed by atoms with Gasteiger partial charge in [0.15, 0.2) is 0 Å². The number of benzene rings is 1. The molecule has 4 nitrogen and oxygen atoms in total. The van der Waals surface area contributed by atoms with Crippen LogP contribution in [-0.4, -0.2) is 48.2 Å². The molecule has 2 fully saturated rings. The summed E-state index contributed by atoms with van der Waals surface area (Å²) in [6.07, 6.45) is 1.86. The highest BCUT2D eigenvalue weighted by Crippen LogP contribution is 2.28. The second kappa shape index (κ2) is 7.18. The zero-order valence-electron chi connectivity index (χ0n) is 12.2. The van der Waals surface area contributed by atoms with E-state index in [2.05, 4.69) is 17.4 Å². The molecule has 21 heavy (non-hydrogen) atoms. The van der Waals surface area contributed by atoms with Crippen LogP contribution in [0.5, 0.6) is 0 Å². The molecule has 2 aliphatic rings. The van der Waals surface area contributed by atoms with Gasteiger partial charge in [0.2, 0.25) is 0 Å². The van der Waals surface area contributed by atoms with Gasteiger partial charge in [-0.25, -0.2) is 4.79 Å². The summed E-state index contributed by atoms with van der Waals surface area (Å²) in [7, 11) is 0. The number of carbonyl (C=O) groups excluding carboxylic acids is 1. The normalized spacial score (nSPS) is 26.4. The fourth-order valence-corrected chi connectivity index (χ4v) is 3.76. The molecule has 0 bridgehead atoms. The number of thioether (sulfide) groups is 1. The minimum Gasteiger partial charge on any atom is -0.373 e. The molecule has 5 heteroatoms. The third-order valence-electron chi connectivity index (χ3n) is 4.08. The quantitative estimate of drug-likeness (QED) is 0.913. The molecule has 1 aromatic rings. The Hall–Kier alpha value is -1.20. The summed E-state index contributed by atoms with van der Waals surface area (Å²) in [5.74, 6) is 2.10. The molecule has 2 heterocycles. The summed E-state index contributed by atoms with van der Waals surface area (Å²) in [6.45, 7) is 2.43. The van der Waals surface area contributed by atoms with Gasteiger partial charge in [0, 0.05) is 37.2 Å². The van der Waals surface area contributed by atoms with Gasteiger partial charge in [-0.1, -0.05) is 30.3 Å². The van der Waals surface area contributed by atoms with Crippen molar-refractivity contribution in [1.29, 1.82) is 0 Å². The fourth-order valence-electron chi connectivity index (χ4n) is 2.86. The molecule has 0 aliphatic carbocycles. The van der Waals surface area contributed by atoms with Gasteiger partial charge in [-0.05, 0) is 18.4 Å². The SMILES string of the molecule is O=C(N[C@@H]1CCO[C@H](c2ccccc2)C1)N1CCSCC1. The lowest BCUT2D eigenvalue weighted by Gasteiger charge is -2.33. The lowest BCUT2D eigenvalue weighted by atomic mass is 9.97. The minimum atomic E-state index is 0.0917. The molecule has 0 aromatic heterocycles. The van der Waals surface area contributed by atoms with Gasteiger partial charge in [-0.15, -0.1) is 0 Å². The first-order chi connectivity index (χ1) is 10.3. The average molecular weight is 306 g/mol. The largest absolute Gasteiger partial charge is 0.373 e. The van der Waals surface area contributed by atoms with Gasteiger partial charge in [0.25, 0.3) is 0 Å². The Bertz CT molecular complexity index is 463. The molecule has 0 spiro atoms. The lowest BCUT2D eigenvalue weighted by Crippen LogP contribution is -2.49.